The summed E-state index contributed by atoms with van der Waals surface area (Å²) in [5.74, 6) is 2.07. The van der Waals surface area contributed by atoms with E-state index in [0.717, 1.165) is 24.6 Å². The van der Waals surface area contributed by atoms with Crippen LogP contribution < -0.4 is 0 Å². The van der Waals surface area contributed by atoms with E-state index in [1.165, 1.54) is 19.4 Å². The Morgan fingerprint density at radius 3 is 3.11 bits per heavy atom. The largest absolute Gasteiger partial charge is 0.465 e. The van der Waals surface area contributed by atoms with Crippen LogP contribution in [0.3, 0.4) is 0 Å². The molecule has 1 saturated heterocycles. The molecule has 0 radical (unpaired) electrons. The summed E-state index contributed by atoms with van der Waals surface area (Å²) in [4.78, 5) is 6.61. The fourth-order valence-electron chi connectivity index (χ4n) is 2.72. The molecule has 3 rings (SSSR count). The molecule has 96 valence electrons. The van der Waals surface area contributed by atoms with Crippen LogP contribution in [0, 0.1) is 6.92 Å². The van der Waals surface area contributed by atoms with Gasteiger partial charge in [0.05, 0.1) is 12.9 Å². The summed E-state index contributed by atoms with van der Waals surface area (Å²) < 4.78 is 7.83. The number of likely N-dealkylation sites (tertiary alicyclic amines) is 1. The number of hydrogen-bond donors (Lipinski definition) is 0. The van der Waals surface area contributed by atoms with Gasteiger partial charge in [-0.05, 0) is 38.4 Å². The maximum atomic E-state index is 5.67. The van der Waals surface area contributed by atoms with Crippen molar-refractivity contribution in [3.05, 3.63) is 42.4 Å². The van der Waals surface area contributed by atoms with E-state index >= 15 is 0 Å². The van der Waals surface area contributed by atoms with Crippen molar-refractivity contribution in [3.63, 3.8) is 0 Å². The number of furan rings is 1. The van der Waals surface area contributed by atoms with Crippen LogP contribution >= 0.6 is 0 Å². The molecule has 1 aliphatic heterocycles. The normalized spacial score (nSPS) is 20.6. The third-order valence-corrected chi connectivity index (χ3v) is 3.63. The van der Waals surface area contributed by atoms with Gasteiger partial charge >= 0.3 is 0 Å². The lowest BCUT2D eigenvalue weighted by Crippen LogP contribution is -2.32. The van der Waals surface area contributed by atoms with Gasteiger partial charge in [0.1, 0.15) is 11.5 Å². The first-order valence-corrected chi connectivity index (χ1v) is 6.56. The van der Waals surface area contributed by atoms with Crippen molar-refractivity contribution >= 4 is 0 Å². The Morgan fingerprint density at radius 1 is 1.44 bits per heavy atom. The second-order valence-corrected chi connectivity index (χ2v) is 5.04. The van der Waals surface area contributed by atoms with Crippen molar-refractivity contribution in [1.82, 2.24) is 14.5 Å². The van der Waals surface area contributed by atoms with Crippen molar-refractivity contribution in [2.45, 2.75) is 38.9 Å². The standard InChI is InChI=1S/C14H19N3O/c1-12-4-5-14(18-12)10-17-7-2-3-13(17)9-16-8-6-15-11-16/h4-6,8,11,13H,2-3,7,9-10H2,1H3/t13-/m1/s1. The molecule has 1 fully saturated rings. The average molecular weight is 245 g/mol. The molecule has 0 saturated carbocycles. The van der Waals surface area contributed by atoms with E-state index in [1.807, 2.05) is 31.7 Å². The third-order valence-electron chi connectivity index (χ3n) is 3.63. The summed E-state index contributed by atoms with van der Waals surface area (Å²) in [7, 11) is 0. The highest BCUT2D eigenvalue weighted by Gasteiger charge is 2.25. The summed E-state index contributed by atoms with van der Waals surface area (Å²) >= 11 is 0. The summed E-state index contributed by atoms with van der Waals surface area (Å²) in [5, 5.41) is 0. The Hall–Kier alpha value is -1.55. The first-order chi connectivity index (χ1) is 8.81. The van der Waals surface area contributed by atoms with Crippen LogP contribution in [0.15, 0.2) is 35.3 Å². The second-order valence-electron chi connectivity index (χ2n) is 5.04. The van der Waals surface area contributed by atoms with Crippen molar-refractivity contribution < 1.29 is 4.42 Å². The summed E-state index contributed by atoms with van der Waals surface area (Å²) in [6.45, 7) is 5.11. The highest BCUT2D eigenvalue weighted by Crippen LogP contribution is 2.22. The summed E-state index contributed by atoms with van der Waals surface area (Å²) in [6.07, 6.45) is 8.31. The minimum atomic E-state index is 0.601. The van der Waals surface area contributed by atoms with Crippen LogP contribution in [0.1, 0.15) is 24.4 Å². The molecule has 0 bridgehead atoms. The molecular weight excluding hydrogens is 226 g/mol. The lowest BCUT2D eigenvalue weighted by atomic mass is 10.2. The monoisotopic (exact) mass is 245 g/mol. The van der Waals surface area contributed by atoms with Gasteiger partial charge < -0.3 is 8.98 Å². The lowest BCUT2D eigenvalue weighted by Gasteiger charge is -2.23. The van der Waals surface area contributed by atoms with Crippen molar-refractivity contribution in [3.8, 4) is 0 Å². The molecule has 2 aromatic rings. The Kier molecular flexibility index (Phi) is 3.19. The molecule has 1 atom stereocenters. The van der Waals surface area contributed by atoms with Crippen molar-refractivity contribution in [1.29, 1.82) is 0 Å². The van der Waals surface area contributed by atoms with Crippen molar-refractivity contribution in [2.24, 2.45) is 0 Å². The van der Waals surface area contributed by atoms with E-state index in [0.29, 0.717) is 6.04 Å². The molecule has 0 amide bonds. The SMILES string of the molecule is Cc1ccc(CN2CCC[C@@H]2Cn2ccnc2)o1. The van der Waals surface area contributed by atoms with Crippen LogP contribution in [-0.2, 0) is 13.1 Å². The van der Waals surface area contributed by atoms with Gasteiger partial charge in [0.25, 0.3) is 0 Å². The number of aryl methyl sites for hydroxylation is 1. The Labute approximate surface area is 107 Å². The molecule has 18 heavy (non-hydrogen) atoms. The minimum Gasteiger partial charge on any atom is -0.465 e. The average Bonchev–Trinajstić information content (AvgIpc) is 3.05. The molecule has 1 aliphatic rings. The fraction of sp³-hybridized carbons (Fsp3) is 0.500. The predicted molar refractivity (Wildman–Crippen MR) is 69.1 cm³/mol. The first-order valence-electron chi connectivity index (χ1n) is 6.56. The van der Waals surface area contributed by atoms with E-state index in [1.54, 1.807) is 0 Å². The van der Waals surface area contributed by atoms with E-state index in [-0.39, 0.29) is 0 Å². The second kappa shape index (κ2) is 4.98. The molecular formula is C14H19N3O. The minimum absolute atomic E-state index is 0.601. The number of imidazole rings is 1. The van der Waals surface area contributed by atoms with Gasteiger partial charge in [-0.3, -0.25) is 4.90 Å². The Bertz CT molecular complexity index is 489. The van der Waals surface area contributed by atoms with Crippen LogP contribution in [0.2, 0.25) is 0 Å². The quantitative estimate of drug-likeness (QED) is 0.829. The van der Waals surface area contributed by atoms with Gasteiger partial charge in [-0.25, -0.2) is 4.98 Å². The van der Waals surface area contributed by atoms with Gasteiger partial charge in [0, 0.05) is 25.0 Å². The summed E-state index contributed by atoms with van der Waals surface area (Å²) in [6, 6.07) is 4.72. The van der Waals surface area contributed by atoms with Gasteiger partial charge in [-0.2, -0.15) is 0 Å². The number of nitrogens with zero attached hydrogens (tertiary/aromatic N) is 3. The zero-order valence-electron chi connectivity index (χ0n) is 10.7. The summed E-state index contributed by atoms with van der Waals surface area (Å²) in [5.41, 5.74) is 0. The van der Waals surface area contributed by atoms with Gasteiger partial charge in [-0.15, -0.1) is 0 Å². The molecule has 4 nitrogen and oxygen atoms in total. The molecule has 0 aromatic carbocycles. The molecule has 0 aliphatic carbocycles. The topological polar surface area (TPSA) is 34.2 Å². The van der Waals surface area contributed by atoms with Crippen LogP contribution in [-0.4, -0.2) is 27.0 Å². The molecule has 3 heterocycles. The first kappa shape index (κ1) is 11.5. The Morgan fingerprint density at radius 2 is 2.39 bits per heavy atom. The van der Waals surface area contributed by atoms with E-state index in [4.69, 9.17) is 4.42 Å². The number of rotatable bonds is 4. The van der Waals surface area contributed by atoms with Gasteiger partial charge in [0.15, 0.2) is 0 Å². The number of hydrogen-bond acceptors (Lipinski definition) is 3. The van der Waals surface area contributed by atoms with E-state index in [2.05, 4.69) is 20.5 Å². The highest BCUT2D eigenvalue weighted by molar-refractivity contribution is 5.06. The van der Waals surface area contributed by atoms with Crippen LogP contribution in [0.25, 0.3) is 0 Å². The lowest BCUT2D eigenvalue weighted by molar-refractivity contribution is 0.207. The molecule has 0 N–H and O–H groups in total. The fourth-order valence-corrected chi connectivity index (χ4v) is 2.72. The van der Waals surface area contributed by atoms with Crippen LogP contribution in [0.4, 0.5) is 0 Å². The zero-order valence-corrected chi connectivity index (χ0v) is 10.7. The zero-order chi connectivity index (χ0) is 12.4. The van der Waals surface area contributed by atoms with E-state index in [9.17, 15) is 0 Å². The molecule has 2 aromatic heterocycles. The smallest absolute Gasteiger partial charge is 0.118 e. The predicted octanol–water partition coefficient (Wildman–Crippen LogP) is 2.45. The molecule has 4 heteroatoms. The molecule has 0 spiro atoms. The third kappa shape index (κ3) is 2.48. The number of aromatic nitrogens is 2. The van der Waals surface area contributed by atoms with Gasteiger partial charge in [-0.1, -0.05) is 0 Å². The maximum absolute atomic E-state index is 5.67. The van der Waals surface area contributed by atoms with Crippen LogP contribution in [0.5, 0.6) is 0 Å². The van der Waals surface area contributed by atoms with Crippen molar-refractivity contribution in [2.75, 3.05) is 6.54 Å². The Balaban J connectivity index is 1.64. The van der Waals surface area contributed by atoms with Gasteiger partial charge in [0.2, 0.25) is 0 Å². The molecule has 0 unspecified atom stereocenters. The van der Waals surface area contributed by atoms with E-state index < -0.39 is 0 Å². The maximum Gasteiger partial charge on any atom is 0.118 e. The highest BCUT2D eigenvalue weighted by atomic mass is 16.3.